The van der Waals surface area contributed by atoms with Crippen LogP contribution >= 0.6 is 0 Å². The largest absolute Gasteiger partial charge is 0.325 e. The molecule has 2 rings (SSSR count). The molecule has 100 valence electrons. The topological polar surface area (TPSA) is 56.0 Å². The smallest absolute Gasteiger partial charge is 0.142 e. The van der Waals surface area contributed by atoms with Gasteiger partial charge in [0, 0.05) is 18.8 Å². The van der Waals surface area contributed by atoms with E-state index in [-0.39, 0.29) is 17.2 Å². The van der Waals surface area contributed by atoms with Crippen LogP contribution in [0.3, 0.4) is 0 Å². The summed E-state index contributed by atoms with van der Waals surface area (Å²) in [4.78, 5) is 4.05. The Morgan fingerprint density at radius 2 is 2.05 bits per heavy atom. The second-order valence-electron chi connectivity index (χ2n) is 3.88. The molecule has 1 unspecified atom stereocenters. The maximum atomic E-state index is 13.5. The highest BCUT2D eigenvalue weighted by atomic mass is 32.2. The van der Waals surface area contributed by atoms with E-state index in [0.717, 1.165) is 12.1 Å². The Hall–Kier alpha value is -1.66. The molecule has 1 atom stereocenters. The molecule has 1 aromatic heterocycles. The predicted molar refractivity (Wildman–Crippen MR) is 68.6 cm³/mol. The molecule has 0 spiro atoms. The highest BCUT2D eigenvalue weighted by Crippen LogP contribution is 2.18. The normalized spacial score (nSPS) is 12.4. The fourth-order valence-corrected chi connectivity index (χ4v) is 2.86. The van der Waals surface area contributed by atoms with Crippen LogP contribution in [0.4, 0.5) is 8.78 Å². The van der Waals surface area contributed by atoms with E-state index in [2.05, 4.69) is 4.98 Å². The Labute approximate surface area is 111 Å². The van der Waals surface area contributed by atoms with Crippen molar-refractivity contribution < 1.29 is 13.0 Å². The molecule has 0 saturated carbocycles. The van der Waals surface area contributed by atoms with Crippen LogP contribution in [0, 0.1) is 11.6 Å². The molecule has 2 aromatic rings. The van der Waals surface area contributed by atoms with Crippen LogP contribution in [0.5, 0.6) is 0 Å². The van der Waals surface area contributed by atoms with Crippen molar-refractivity contribution in [3.63, 3.8) is 0 Å². The summed E-state index contributed by atoms with van der Waals surface area (Å²) >= 11 is 0. The zero-order valence-corrected chi connectivity index (χ0v) is 10.8. The van der Waals surface area contributed by atoms with Gasteiger partial charge in [-0.2, -0.15) is 0 Å². The van der Waals surface area contributed by atoms with Gasteiger partial charge in [0.25, 0.3) is 0 Å². The summed E-state index contributed by atoms with van der Waals surface area (Å²) in [6.07, 6.45) is 1.59. The van der Waals surface area contributed by atoms with Crippen molar-refractivity contribution in [3.05, 3.63) is 59.4 Å². The Bertz CT molecular complexity index is 619. The molecule has 0 aliphatic rings. The quantitative estimate of drug-likeness (QED) is 0.934. The minimum absolute atomic E-state index is 0.0202. The van der Waals surface area contributed by atoms with E-state index < -0.39 is 22.4 Å². The van der Waals surface area contributed by atoms with Gasteiger partial charge in [-0.15, -0.1) is 0 Å². The molecule has 1 heterocycles. The van der Waals surface area contributed by atoms with Gasteiger partial charge in [-0.1, -0.05) is 6.07 Å². The van der Waals surface area contributed by atoms with E-state index in [9.17, 15) is 13.0 Å². The van der Waals surface area contributed by atoms with Crippen LogP contribution in [0.15, 0.2) is 41.4 Å². The van der Waals surface area contributed by atoms with Gasteiger partial charge < -0.3 is 5.73 Å². The fraction of sp³-hybridized carbons (Fsp3) is 0.154. The highest BCUT2D eigenvalue weighted by molar-refractivity contribution is 7.84. The van der Waals surface area contributed by atoms with Gasteiger partial charge in [-0.25, -0.2) is 8.78 Å². The van der Waals surface area contributed by atoms with Crippen LogP contribution in [-0.2, 0) is 23.1 Å². The van der Waals surface area contributed by atoms with Crippen molar-refractivity contribution in [3.8, 4) is 0 Å². The number of halogens is 2. The SMILES string of the molecule is NCc1ncccc1CS(=O)c1ccc(F)cc1F. The van der Waals surface area contributed by atoms with Crippen LogP contribution in [-0.4, -0.2) is 9.19 Å². The number of rotatable bonds is 4. The maximum absolute atomic E-state index is 13.5. The van der Waals surface area contributed by atoms with Crippen LogP contribution < -0.4 is 5.73 Å². The van der Waals surface area contributed by atoms with E-state index in [1.807, 2.05) is 0 Å². The first-order chi connectivity index (χ1) is 9.11. The summed E-state index contributed by atoms with van der Waals surface area (Å²) in [5, 5.41) is 0. The third kappa shape index (κ3) is 3.21. The van der Waals surface area contributed by atoms with E-state index >= 15 is 0 Å². The second-order valence-corrected chi connectivity index (χ2v) is 5.30. The lowest BCUT2D eigenvalue weighted by atomic mass is 10.2. The number of hydrogen-bond acceptors (Lipinski definition) is 3. The summed E-state index contributed by atoms with van der Waals surface area (Å²) in [5.74, 6) is -1.40. The van der Waals surface area contributed by atoms with Gasteiger partial charge in [0.2, 0.25) is 0 Å². The molecular weight excluding hydrogens is 270 g/mol. The average molecular weight is 282 g/mol. The van der Waals surface area contributed by atoms with Crippen molar-refractivity contribution in [2.24, 2.45) is 5.73 Å². The Balaban J connectivity index is 2.26. The molecule has 0 radical (unpaired) electrons. The summed E-state index contributed by atoms with van der Waals surface area (Å²) in [7, 11) is -1.60. The zero-order valence-electron chi connectivity index (χ0n) is 9.98. The average Bonchev–Trinajstić information content (AvgIpc) is 2.39. The minimum Gasteiger partial charge on any atom is -0.325 e. The monoisotopic (exact) mass is 282 g/mol. The molecule has 0 bridgehead atoms. The molecule has 3 nitrogen and oxygen atoms in total. The lowest BCUT2D eigenvalue weighted by Crippen LogP contribution is -2.07. The van der Waals surface area contributed by atoms with Crippen molar-refractivity contribution in [2.75, 3.05) is 0 Å². The number of benzene rings is 1. The Kier molecular flexibility index (Phi) is 4.34. The molecule has 1 aromatic carbocycles. The molecule has 0 fully saturated rings. The van der Waals surface area contributed by atoms with Crippen LogP contribution in [0.1, 0.15) is 11.3 Å². The maximum Gasteiger partial charge on any atom is 0.142 e. The van der Waals surface area contributed by atoms with Gasteiger partial charge in [0.05, 0.1) is 27.1 Å². The van der Waals surface area contributed by atoms with E-state index in [4.69, 9.17) is 5.73 Å². The molecular formula is C13H12F2N2OS. The third-order valence-electron chi connectivity index (χ3n) is 2.60. The van der Waals surface area contributed by atoms with E-state index in [1.54, 1.807) is 18.3 Å². The highest BCUT2D eigenvalue weighted by Gasteiger charge is 2.13. The van der Waals surface area contributed by atoms with Crippen molar-refractivity contribution in [1.29, 1.82) is 0 Å². The number of hydrogen-bond donors (Lipinski definition) is 1. The summed E-state index contributed by atoms with van der Waals surface area (Å²) < 4.78 is 38.4. The zero-order chi connectivity index (χ0) is 13.8. The molecule has 6 heteroatoms. The Morgan fingerprint density at radius 1 is 1.26 bits per heavy atom. The third-order valence-corrected chi connectivity index (χ3v) is 4.00. The second kappa shape index (κ2) is 5.99. The number of nitrogens with two attached hydrogens (primary N) is 1. The van der Waals surface area contributed by atoms with Crippen molar-refractivity contribution in [1.82, 2.24) is 4.98 Å². The van der Waals surface area contributed by atoms with Crippen LogP contribution in [0.2, 0.25) is 0 Å². The summed E-state index contributed by atoms with van der Waals surface area (Å²) in [6, 6.07) is 6.45. The van der Waals surface area contributed by atoms with Gasteiger partial charge in [0.1, 0.15) is 11.6 Å². The van der Waals surface area contributed by atoms with Gasteiger partial charge in [0.15, 0.2) is 0 Å². The van der Waals surface area contributed by atoms with Gasteiger partial charge in [-0.05, 0) is 23.8 Å². The van der Waals surface area contributed by atoms with E-state index in [0.29, 0.717) is 11.3 Å². The first kappa shape index (κ1) is 13.8. The van der Waals surface area contributed by atoms with Crippen LogP contribution in [0.25, 0.3) is 0 Å². The van der Waals surface area contributed by atoms with Gasteiger partial charge >= 0.3 is 0 Å². The summed E-state index contributed by atoms with van der Waals surface area (Å²) in [6.45, 7) is 0.222. The van der Waals surface area contributed by atoms with E-state index in [1.165, 1.54) is 6.07 Å². The fourth-order valence-electron chi connectivity index (χ4n) is 1.67. The predicted octanol–water partition coefficient (Wildman–Crippen LogP) is 2.13. The molecule has 0 aliphatic carbocycles. The lowest BCUT2D eigenvalue weighted by Gasteiger charge is -2.07. The first-order valence-electron chi connectivity index (χ1n) is 5.58. The Morgan fingerprint density at radius 3 is 2.74 bits per heavy atom. The van der Waals surface area contributed by atoms with Gasteiger partial charge in [-0.3, -0.25) is 9.19 Å². The number of nitrogens with zero attached hydrogens (tertiary/aromatic N) is 1. The summed E-state index contributed by atoms with van der Waals surface area (Å²) in [5.41, 5.74) is 6.85. The molecule has 19 heavy (non-hydrogen) atoms. The molecule has 0 saturated heterocycles. The minimum atomic E-state index is -1.60. The molecule has 2 N–H and O–H groups in total. The van der Waals surface area contributed by atoms with Crippen molar-refractivity contribution >= 4 is 10.8 Å². The van der Waals surface area contributed by atoms with Crippen molar-refractivity contribution in [2.45, 2.75) is 17.2 Å². The standard InChI is InChI=1S/C13H12F2N2OS/c14-10-3-4-13(11(15)6-10)19(18)8-9-2-1-5-17-12(9)7-16/h1-6H,7-8,16H2. The number of pyridine rings is 1. The molecule has 0 amide bonds. The lowest BCUT2D eigenvalue weighted by molar-refractivity contribution is 0.562. The molecule has 0 aliphatic heterocycles. The first-order valence-corrected chi connectivity index (χ1v) is 6.90. The number of aromatic nitrogens is 1.